The standard InChI is InChI=1S/C9H14N2O2/c1-2-13-8-3-7(5-11-6-8)9(12)4-10/h3,5-6,9,12H,2,4,10H2,1H3. The SMILES string of the molecule is CCOc1cncc(C(O)CN)c1. The summed E-state index contributed by atoms with van der Waals surface area (Å²) in [6, 6.07) is 1.74. The summed E-state index contributed by atoms with van der Waals surface area (Å²) in [5, 5.41) is 9.40. The summed E-state index contributed by atoms with van der Waals surface area (Å²) in [5.41, 5.74) is 6.00. The lowest BCUT2D eigenvalue weighted by Gasteiger charge is -2.09. The fourth-order valence-corrected chi connectivity index (χ4v) is 1.000. The van der Waals surface area contributed by atoms with Crippen molar-refractivity contribution in [1.29, 1.82) is 0 Å². The van der Waals surface area contributed by atoms with Crippen molar-refractivity contribution in [3.8, 4) is 5.75 Å². The fourth-order valence-electron chi connectivity index (χ4n) is 1.000. The normalized spacial score (nSPS) is 12.5. The van der Waals surface area contributed by atoms with Crippen LogP contribution in [-0.4, -0.2) is 23.2 Å². The minimum Gasteiger partial charge on any atom is -0.492 e. The molecular weight excluding hydrogens is 168 g/mol. The number of hydrogen-bond donors (Lipinski definition) is 2. The molecule has 72 valence electrons. The Morgan fingerprint density at radius 1 is 1.62 bits per heavy atom. The maximum absolute atomic E-state index is 9.40. The predicted octanol–water partition coefficient (Wildman–Crippen LogP) is 0.472. The Morgan fingerprint density at radius 3 is 3.00 bits per heavy atom. The zero-order valence-corrected chi connectivity index (χ0v) is 7.60. The van der Waals surface area contributed by atoms with Gasteiger partial charge in [0.15, 0.2) is 0 Å². The van der Waals surface area contributed by atoms with E-state index in [9.17, 15) is 5.11 Å². The lowest BCUT2D eigenvalue weighted by atomic mass is 10.1. The maximum Gasteiger partial charge on any atom is 0.137 e. The highest BCUT2D eigenvalue weighted by Crippen LogP contribution is 2.16. The van der Waals surface area contributed by atoms with Gasteiger partial charge < -0.3 is 15.6 Å². The van der Waals surface area contributed by atoms with Crippen LogP contribution >= 0.6 is 0 Å². The molecule has 0 saturated heterocycles. The second-order valence-corrected chi connectivity index (χ2v) is 2.64. The summed E-state index contributed by atoms with van der Waals surface area (Å²) in [7, 11) is 0. The Balaban J connectivity index is 2.78. The van der Waals surface area contributed by atoms with Crippen LogP contribution < -0.4 is 10.5 Å². The maximum atomic E-state index is 9.40. The summed E-state index contributed by atoms with van der Waals surface area (Å²) in [6.45, 7) is 2.67. The average Bonchev–Trinajstić information content (AvgIpc) is 2.18. The van der Waals surface area contributed by atoms with Crippen molar-refractivity contribution in [1.82, 2.24) is 4.98 Å². The van der Waals surface area contributed by atoms with Gasteiger partial charge in [-0.05, 0) is 13.0 Å². The lowest BCUT2D eigenvalue weighted by Crippen LogP contribution is -2.11. The zero-order chi connectivity index (χ0) is 9.68. The topological polar surface area (TPSA) is 68.4 Å². The van der Waals surface area contributed by atoms with Crippen LogP contribution in [-0.2, 0) is 0 Å². The summed E-state index contributed by atoms with van der Waals surface area (Å²) in [6.07, 6.45) is 2.53. The molecule has 1 unspecified atom stereocenters. The lowest BCUT2D eigenvalue weighted by molar-refractivity contribution is 0.185. The highest BCUT2D eigenvalue weighted by atomic mass is 16.5. The van der Waals surface area contributed by atoms with E-state index in [4.69, 9.17) is 10.5 Å². The predicted molar refractivity (Wildman–Crippen MR) is 49.4 cm³/mol. The van der Waals surface area contributed by atoms with E-state index in [1.807, 2.05) is 6.92 Å². The van der Waals surface area contributed by atoms with Crippen LogP contribution in [0.25, 0.3) is 0 Å². The molecule has 0 aliphatic rings. The number of aliphatic hydroxyl groups excluding tert-OH is 1. The van der Waals surface area contributed by atoms with Crippen molar-refractivity contribution < 1.29 is 9.84 Å². The molecule has 4 nitrogen and oxygen atoms in total. The van der Waals surface area contributed by atoms with Crippen molar-refractivity contribution in [2.45, 2.75) is 13.0 Å². The second kappa shape index (κ2) is 4.79. The van der Waals surface area contributed by atoms with Crippen LogP contribution in [0.5, 0.6) is 5.75 Å². The van der Waals surface area contributed by atoms with E-state index in [2.05, 4.69) is 4.98 Å². The zero-order valence-electron chi connectivity index (χ0n) is 7.60. The number of aliphatic hydroxyl groups is 1. The van der Waals surface area contributed by atoms with Gasteiger partial charge in [0.1, 0.15) is 5.75 Å². The van der Waals surface area contributed by atoms with Crippen LogP contribution in [0.4, 0.5) is 0 Å². The van der Waals surface area contributed by atoms with Gasteiger partial charge >= 0.3 is 0 Å². The number of nitrogens with zero attached hydrogens (tertiary/aromatic N) is 1. The quantitative estimate of drug-likeness (QED) is 0.710. The Morgan fingerprint density at radius 2 is 2.38 bits per heavy atom. The summed E-state index contributed by atoms with van der Waals surface area (Å²) in [4.78, 5) is 3.93. The number of ether oxygens (including phenoxy) is 1. The molecule has 0 spiro atoms. The van der Waals surface area contributed by atoms with Crippen LogP contribution in [0.15, 0.2) is 18.5 Å². The molecule has 0 fully saturated rings. The fraction of sp³-hybridized carbons (Fsp3) is 0.444. The number of nitrogens with two attached hydrogens (primary N) is 1. The van der Waals surface area contributed by atoms with Gasteiger partial charge in [0.25, 0.3) is 0 Å². The molecule has 0 radical (unpaired) electrons. The van der Waals surface area contributed by atoms with Gasteiger partial charge in [-0.3, -0.25) is 4.98 Å². The van der Waals surface area contributed by atoms with Crippen molar-refractivity contribution >= 4 is 0 Å². The first kappa shape index (κ1) is 9.95. The summed E-state index contributed by atoms with van der Waals surface area (Å²) >= 11 is 0. The first-order valence-electron chi connectivity index (χ1n) is 4.23. The number of aromatic nitrogens is 1. The minimum atomic E-state index is -0.659. The third-order valence-corrected chi connectivity index (χ3v) is 1.65. The Kier molecular flexibility index (Phi) is 3.67. The Bertz CT molecular complexity index is 266. The number of rotatable bonds is 4. The van der Waals surface area contributed by atoms with Gasteiger partial charge in [0.05, 0.1) is 18.9 Å². The van der Waals surface area contributed by atoms with E-state index in [0.717, 1.165) is 0 Å². The van der Waals surface area contributed by atoms with E-state index in [0.29, 0.717) is 17.9 Å². The van der Waals surface area contributed by atoms with Crippen LogP contribution in [0, 0.1) is 0 Å². The molecular formula is C9H14N2O2. The molecule has 4 heteroatoms. The van der Waals surface area contributed by atoms with E-state index >= 15 is 0 Å². The molecule has 1 atom stereocenters. The van der Waals surface area contributed by atoms with Crippen molar-refractivity contribution in [2.24, 2.45) is 5.73 Å². The van der Waals surface area contributed by atoms with E-state index < -0.39 is 6.10 Å². The van der Waals surface area contributed by atoms with Crippen LogP contribution in [0.1, 0.15) is 18.6 Å². The first-order valence-corrected chi connectivity index (χ1v) is 4.23. The third-order valence-electron chi connectivity index (χ3n) is 1.65. The second-order valence-electron chi connectivity index (χ2n) is 2.64. The van der Waals surface area contributed by atoms with Gasteiger partial charge in [-0.2, -0.15) is 0 Å². The summed E-state index contributed by atoms with van der Waals surface area (Å²) in [5.74, 6) is 0.660. The van der Waals surface area contributed by atoms with Gasteiger partial charge in [0, 0.05) is 18.3 Å². The molecule has 0 bridgehead atoms. The summed E-state index contributed by atoms with van der Waals surface area (Å²) < 4.78 is 5.23. The van der Waals surface area contributed by atoms with Crippen LogP contribution in [0.3, 0.4) is 0 Å². The molecule has 13 heavy (non-hydrogen) atoms. The molecule has 3 N–H and O–H groups in total. The molecule has 0 aliphatic carbocycles. The van der Waals surface area contributed by atoms with E-state index in [-0.39, 0.29) is 6.54 Å². The van der Waals surface area contributed by atoms with Crippen molar-refractivity contribution in [3.05, 3.63) is 24.0 Å². The highest BCUT2D eigenvalue weighted by molar-refractivity contribution is 5.25. The third kappa shape index (κ3) is 2.68. The minimum absolute atomic E-state index is 0.192. The van der Waals surface area contributed by atoms with Gasteiger partial charge in [-0.15, -0.1) is 0 Å². The van der Waals surface area contributed by atoms with Crippen molar-refractivity contribution in [3.63, 3.8) is 0 Å². The van der Waals surface area contributed by atoms with E-state index in [1.165, 1.54) is 0 Å². The first-order chi connectivity index (χ1) is 6.27. The Labute approximate surface area is 77.4 Å². The Hall–Kier alpha value is -1.13. The largest absolute Gasteiger partial charge is 0.492 e. The highest BCUT2D eigenvalue weighted by Gasteiger charge is 2.05. The molecule has 1 aromatic heterocycles. The van der Waals surface area contributed by atoms with Crippen molar-refractivity contribution in [2.75, 3.05) is 13.2 Å². The van der Waals surface area contributed by atoms with Crippen LogP contribution in [0.2, 0.25) is 0 Å². The molecule has 0 saturated carbocycles. The molecule has 1 rings (SSSR count). The van der Waals surface area contributed by atoms with Gasteiger partial charge in [-0.25, -0.2) is 0 Å². The molecule has 0 amide bonds. The molecule has 0 aliphatic heterocycles. The number of hydrogen-bond acceptors (Lipinski definition) is 4. The van der Waals surface area contributed by atoms with Gasteiger partial charge in [-0.1, -0.05) is 0 Å². The molecule has 0 aromatic carbocycles. The van der Waals surface area contributed by atoms with Gasteiger partial charge in [0.2, 0.25) is 0 Å². The number of pyridine rings is 1. The molecule has 1 heterocycles. The monoisotopic (exact) mass is 182 g/mol. The average molecular weight is 182 g/mol. The molecule has 1 aromatic rings. The van der Waals surface area contributed by atoms with E-state index in [1.54, 1.807) is 18.5 Å². The smallest absolute Gasteiger partial charge is 0.137 e.